The number of benzene rings is 1. The summed E-state index contributed by atoms with van der Waals surface area (Å²) in [6, 6.07) is 5.61. The van der Waals surface area contributed by atoms with E-state index in [1.54, 1.807) is 11.7 Å². The summed E-state index contributed by atoms with van der Waals surface area (Å²) in [6.45, 7) is 3.17. The van der Waals surface area contributed by atoms with E-state index in [-0.39, 0.29) is 11.7 Å². The zero-order valence-electron chi connectivity index (χ0n) is 11.8. The molecule has 0 unspecified atom stereocenters. The Morgan fingerprint density at radius 2 is 2.24 bits per heavy atom. The summed E-state index contributed by atoms with van der Waals surface area (Å²) in [5.74, 6) is 0.571. The van der Waals surface area contributed by atoms with Gasteiger partial charge in [-0.3, -0.25) is 0 Å². The minimum atomic E-state index is -0.190. The van der Waals surface area contributed by atoms with Crippen molar-refractivity contribution in [2.75, 3.05) is 26.9 Å². The van der Waals surface area contributed by atoms with Gasteiger partial charge >= 0.3 is 5.91 Å². The minimum Gasteiger partial charge on any atom is -0.478 e. The van der Waals surface area contributed by atoms with Gasteiger partial charge in [0.1, 0.15) is 12.2 Å². The van der Waals surface area contributed by atoms with E-state index in [4.69, 9.17) is 13.9 Å². The summed E-state index contributed by atoms with van der Waals surface area (Å²) < 4.78 is 19.1. The van der Waals surface area contributed by atoms with Gasteiger partial charge in [0.15, 0.2) is 24.6 Å². The molecule has 0 saturated carbocycles. The first kappa shape index (κ1) is 14.3. The normalized spacial score (nSPS) is 15.1. The maximum Gasteiger partial charge on any atom is 0.459 e. The predicted octanol–water partition coefficient (Wildman–Crippen LogP) is 2.85. The minimum absolute atomic E-state index is 0.190. The third-order valence-corrected chi connectivity index (χ3v) is 3.94. The molecule has 110 valence electrons. The molecular weight excluding hydrogens is 338 g/mol. The van der Waals surface area contributed by atoms with Crippen molar-refractivity contribution in [3.8, 4) is 5.75 Å². The lowest BCUT2D eigenvalue weighted by Crippen LogP contribution is -2.30. The van der Waals surface area contributed by atoms with Crippen LogP contribution < -0.4 is 4.74 Å². The zero-order chi connectivity index (χ0) is 15.0. The Morgan fingerprint density at radius 3 is 3.00 bits per heavy atom. The van der Waals surface area contributed by atoms with Gasteiger partial charge in [0.05, 0.1) is 5.39 Å². The van der Waals surface area contributed by atoms with Crippen LogP contribution in [-0.2, 0) is 4.74 Å². The second kappa shape index (κ2) is 5.61. The lowest BCUT2D eigenvalue weighted by molar-refractivity contribution is -0.435. The van der Waals surface area contributed by atoms with Crippen LogP contribution in [0.25, 0.3) is 11.0 Å². The summed E-state index contributed by atoms with van der Waals surface area (Å²) in [7, 11) is 1.61. The van der Waals surface area contributed by atoms with Crippen LogP contribution in [0.2, 0.25) is 0 Å². The van der Waals surface area contributed by atoms with E-state index < -0.39 is 0 Å². The number of halogens is 1. The molecule has 1 amide bonds. The maximum atomic E-state index is 12.7. The van der Waals surface area contributed by atoms with Gasteiger partial charge in [-0.25, -0.2) is 4.79 Å². The molecule has 0 saturated heterocycles. The highest BCUT2D eigenvalue weighted by Crippen LogP contribution is 2.36. The lowest BCUT2D eigenvalue weighted by Gasteiger charge is -2.01. The van der Waals surface area contributed by atoms with Crippen LogP contribution in [0.5, 0.6) is 5.75 Å². The maximum absolute atomic E-state index is 12.7. The Bertz CT molecular complexity index is 747. The summed E-state index contributed by atoms with van der Waals surface area (Å²) in [5.41, 5.74) is 1.47. The van der Waals surface area contributed by atoms with E-state index >= 15 is 0 Å². The number of carbonyl (C=O) groups is 1. The van der Waals surface area contributed by atoms with Gasteiger partial charge in [-0.1, -0.05) is 15.9 Å². The van der Waals surface area contributed by atoms with E-state index in [0.29, 0.717) is 31.1 Å². The van der Waals surface area contributed by atoms with Crippen LogP contribution in [0.3, 0.4) is 0 Å². The standard InChI is InChI=1S/C15H15BrNO4/c1-9-8-20-13-11-4-3-10(16)7-12(11)21-14(13)15(18)17(9)5-6-19-2/h3-4,7H,5-6,8H2,1-2H3/q+1. The Labute approximate surface area is 130 Å². The largest absolute Gasteiger partial charge is 0.478 e. The average molecular weight is 353 g/mol. The van der Waals surface area contributed by atoms with Crippen molar-refractivity contribution in [1.82, 2.24) is 0 Å². The predicted molar refractivity (Wildman–Crippen MR) is 81.4 cm³/mol. The molecule has 5 nitrogen and oxygen atoms in total. The Hall–Kier alpha value is -1.66. The Kier molecular flexibility index (Phi) is 3.82. The molecule has 0 N–H and O–H groups in total. The fraction of sp³-hybridized carbons (Fsp3) is 0.333. The monoisotopic (exact) mass is 352 g/mol. The van der Waals surface area contributed by atoms with Crippen molar-refractivity contribution >= 4 is 38.5 Å². The first-order valence-electron chi connectivity index (χ1n) is 6.60. The summed E-state index contributed by atoms with van der Waals surface area (Å²) in [6.07, 6.45) is 0. The molecule has 0 atom stereocenters. The van der Waals surface area contributed by atoms with Gasteiger partial charge in [-0.15, -0.1) is 0 Å². The molecule has 0 spiro atoms. The van der Waals surface area contributed by atoms with Crippen LogP contribution in [0.1, 0.15) is 17.5 Å². The lowest BCUT2D eigenvalue weighted by atomic mass is 10.2. The molecule has 1 aliphatic rings. The van der Waals surface area contributed by atoms with Crippen molar-refractivity contribution in [2.45, 2.75) is 6.92 Å². The second-order valence-electron chi connectivity index (χ2n) is 4.87. The smallest absolute Gasteiger partial charge is 0.459 e. The van der Waals surface area contributed by atoms with E-state index in [0.717, 1.165) is 15.6 Å². The fourth-order valence-electron chi connectivity index (χ4n) is 2.36. The van der Waals surface area contributed by atoms with Crippen LogP contribution in [-0.4, -0.2) is 43.1 Å². The molecule has 2 heterocycles. The van der Waals surface area contributed by atoms with Crippen LogP contribution in [0.4, 0.5) is 0 Å². The van der Waals surface area contributed by atoms with Crippen LogP contribution in [0, 0.1) is 0 Å². The number of hydrogen-bond acceptors (Lipinski definition) is 4. The van der Waals surface area contributed by atoms with Crippen LogP contribution >= 0.6 is 15.9 Å². The topological polar surface area (TPSA) is 51.7 Å². The van der Waals surface area contributed by atoms with E-state index in [2.05, 4.69) is 15.9 Å². The molecule has 0 bridgehead atoms. The quantitative estimate of drug-likeness (QED) is 0.797. The number of rotatable bonds is 3. The molecule has 1 aromatic heterocycles. The van der Waals surface area contributed by atoms with Crippen molar-refractivity contribution in [3.63, 3.8) is 0 Å². The summed E-state index contributed by atoms with van der Waals surface area (Å²) in [5, 5.41) is 0.808. The first-order valence-corrected chi connectivity index (χ1v) is 7.39. The van der Waals surface area contributed by atoms with Crippen molar-refractivity contribution in [3.05, 3.63) is 28.4 Å². The molecule has 21 heavy (non-hydrogen) atoms. The number of hydrogen-bond donors (Lipinski definition) is 0. The fourth-order valence-corrected chi connectivity index (χ4v) is 2.70. The molecule has 0 fully saturated rings. The summed E-state index contributed by atoms with van der Waals surface area (Å²) >= 11 is 3.40. The molecule has 1 aliphatic heterocycles. The third-order valence-electron chi connectivity index (χ3n) is 3.45. The van der Waals surface area contributed by atoms with Crippen molar-refractivity contribution < 1.29 is 23.3 Å². The first-order chi connectivity index (χ1) is 10.1. The number of furan rings is 1. The zero-order valence-corrected chi connectivity index (χ0v) is 13.4. The second-order valence-corrected chi connectivity index (χ2v) is 5.79. The van der Waals surface area contributed by atoms with Gasteiger partial charge in [0, 0.05) is 18.5 Å². The molecule has 2 aromatic rings. The molecule has 0 aliphatic carbocycles. The highest BCUT2D eigenvalue weighted by molar-refractivity contribution is 9.10. The van der Waals surface area contributed by atoms with Crippen LogP contribution in [0.15, 0.2) is 27.1 Å². The number of nitrogens with zero attached hydrogens (tertiary/aromatic N) is 1. The van der Waals surface area contributed by atoms with Gasteiger partial charge in [0.2, 0.25) is 0 Å². The number of amides is 1. The number of methoxy groups -OCH3 is 1. The van der Waals surface area contributed by atoms with Gasteiger partial charge in [-0.2, -0.15) is 4.58 Å². The van der Waals surface area contributed by atoms with Gasteiger partial charge < -0.3 is 13.9 Å². The van der Waals surface area contributed by atoms with Crippen molar-refractivity contribution in [2.24, 2.45) is 0 Å². The van der Waals surface area contributed by atoms with E-state index in [1.807, 2.05) is 25.1 Å². The molecule has 0 radical (unpaired) electrons. The number of fused-ring (bicyclic) bond motifs is 3. The molecule has 1 aromatic carbocycles. The number of ether oxygens (including phenoxy) is 2. The highest BCUT2D eigenvalue weighted by atomic mass is 79.9. The van der Waals surface area contributed by atoms with Gasteiger partial charge in [-0.05, 0) is 18.2 Å². The Morgan fingerprint density at radius 1 is 1.43 bits per heavy atom. The average Bonchev–Trinajstić information content (AvgIpc) is 2.77. The summed E-state index contributed by atoms with van der Waals surface area (Å²) in [4.78, 5) is 12.7. The molecular formula is C15H15BrNO4+. The number of carbonyl (C=O) groups excluding carboxylic acids is 1. The SMILES string of the molecule is COCC[N+]1=C(C)COc2c(oc3cc(Br)ccc23)C1=O. The molecule has 3 rings (SSSR count). The van der Waals surface area contributed by atoms with Crippen molar-refractivity contribution in [1.29, 1.82) is 0 Å². The Balaban J connectivity index is 2.10. The highest BCUT2D eigenvalue weighted by Gasteiger charge is 2.35. The van der Waals surface area contributed by atoms with Gasteiger partial charge in [0.25, 0.3) is 5.76 Å². The third kappa shape index (κ3) is 2.49. The van der Waals surface area contributed by atoms with E-state index in [1.165, 1.54) is 0 Å². The van der Waals surface area contributed by atoms with E-state index in [9.17, 15) is 4.79 Å². The molecule has 6 heteroatoms.